The molecule has 6 heteroatoms. The highest BCUT2D eigenvalue weighted by molar-refractivity contribution is 5.68. The molecule has 2 rings (SSSR count). The van der Waals surface area contributed by atoms with Gasteiger partial charge in [0.25, 0.3) is 0 Å². The van der Waals surface area contributed by atoms with Crippen molar-refractivity contribution >= 4 is 17.9 Å². The third kappa shape index (κ3) is 5.35. The van der Waals surface area contributed by atoms with Gasteiger partial charge in [0, 0.05) is 12.6 Å². The summed E-state index contributed by atoms with van der Waals surface area (Å²) in [5.41, 5.74) is 7.88. The second-order valence-corrected chi connectivity index (χ2v) is 4.67. The second-order valence-electron chi connectivity index (χ2n) is 4.67. The molecule has 0 saturated carbocycles. The van der Waals surface area contributed by atoms with Gasteiger partial charge in [-0.1, -0.05) is 36.4 Å². The Bertz CT molecular complexity index is 672. The van der Waals surface area contributed by atoms with E-state index in [1.807, 2.05) is 30.3 Å². The molecule has 1 amide bonds. The van der Waals surface area contributed by atoms with Gasteiger partial charge in [-0.2, -0.15) is 0 Å². The molecule has 3 N–H and O–H groups in total. The van der Waals surface area contributed by atoms with Crippen molar-refractivity contribution in [1.82, 2.24) is 10.3 Å². The van der Waals surface area contributed by atoms with E-state index in [0.717, 1.165) is 5.56 Å². The monoisotopic (exact) mass is 313 g/mol. The SMILES string of the molecule is COc1ccc(N)c(C=CCNC(=O)OCc2ccccc2)n1. The number of nitrogen functional groups attached to an aromatic ring is 1. The van der Waals surface area contributed by atoms with Gasteiger partial charge in [0.15, 0.2) is 0 Å². The Morgan fingerprint density at radius 2 is 2.04 bits per heavy atom. The van der Waals surface area contributed by atoms with E-state index < -0.39 is 6.09 Å². The van der Waals surface area contributed by atoms with Crippen LogP contribution in [0.25, 0.3) is 6.08 Å². The summed E-state index contributed by atoms with van der Waals surface area (Å²) in [6.45, 7) is 0.548. The molecular formula is C17H19N3O3. The van der Waals surface area contributed by atoms with Gasteiger partial charge in [-0.25, -0.2) is 9.78 Å². The van der Waals surface area contributed by atoms with Crippen molar-refractivity contribution in [2.75, 3.05) is 19.4 Å². The Labute approximate surface area is 134 Å². The average Bonchev–Trinajstić information content (AvgIpc) is 2.59. The zero-order chi connectivity index (χ0) is 16.5. The number of aromatic nitrogens is 1. The van der Waals surface area contributed by atoms with Crippen molar-refractivity contribution in [2.45, 2.75) is 6.61 Å². The molecule has 0 aliphatic rings. The van der Waals surface area contributed by atoms with E-state index in [-0.39, 0.29) is 6.61 Å². The quantitative estimate of drug-likeness (QED) is 0.856. The summed E-state index contributed by atoms with van der Waals surface area (Å²) in [6.07, 6.45) is 2.97. The molecular weight excluding hydrogens is 294 g/mol. The third-order valence-corrected chi connectivity index (χ3v) is 2.99. The van der Waals surface area contributed by atoms with Gasteiger partial charge in [0.2, 0.25) is 5.88 Å². The first kappa shape index (κ1) is 16.4. The predicted molar refractivity (Wildman–Crippen MR) is 88.9 cm³/mol. The summed E-state index contributed by atoms with van der Waals surface area (Å²) in [7, 11) is 1.54. The largest absolute Gasteiger partial charge is 0.481 e. The molecule has 1 aromatic heterocycles. The smallest absolute Gasteiger partial charge is 0.407 e. The molecule has 0 fully saturated rings. The summed E-state index contributed by atoms with van der Waals surface area (Å²) in [5.74, 6) is 0.481. The van der Waals surface area contributed by atoms with Crippen LogP contribution in [0, 0.1) is 0 Å². The Kier molecular flexibility index (Phi) is 5.99. The summed E-state index contributed by atoms with van der Waals surface area (Å²) < 4.78 is 10.1. The molecule has 0 atom stereocenters. The summed E-state index contributed by atoms with van der Waals surface area (Å²) >= 11 is 0. The van der Waals surface area contributed by atoms with E-state index in [4.69, 9.17) is 15.2 Å². The molecule has 0 spiro atoms. The lowest BCUT2D eigenvalue weighted by Crippen LogP contribution is -2.24. The van der Waals surface area contributed by atoms with Crippen LogP contribution in [0.15, 0.2) is 48.5 Å². The molecule has 0 radical (unpaired) electrons. The fourth-order valence-electron chi connectivity index (χ4n) is 1.80. The van der Waals surface area contributed by atoms with Crippen molar-refractivity contribution < 1.29 is 14.3 Å². The van der Waals surface area contributed by atoms with Crippen LogP contribution in [-0.4, -0.2) is 24.7 Å². The minimum Gasteiger partial charge on any atom is -0.481 e. The summed E-state index contributed by atoms with van der Waals surface area (Å²) in [6, 6.07) is 12.9. The maximum Gasteiger partial charge on any atom is 0.407 e. The Hall–Kier alpha value is -3.02. The maximum atomic E-state index is 11.6. The standard InChI is InChI=1S/C17H19N3O3/c1-22-16-10-9-14(18)15(20-16)8-5-11-19-17(21)23-12-13-6-3-2-4-7-13/h2-10H,11-12,18H2,1H3,(H,19,21). The number of nitrogens with two attached hydrogens (primary N) is 1. The molecule has 2 aromatic rings. The molecule has 0 unspecified atom stereocenters. The number of carbonyl (C=O) groups is 1. The Morgan fingerprint density at radius 3 is 2.78 bits per heavy atom. The fourth-order valence-corrected chi connectivity index (χ4v) is 1.80. The highest BCUT2D eigenvalue weighted by Crippen LogP contribution is 2.15. The number of nitrogens with zero attached hydrogens (tertiary/aromatic N) is 1. The normalized spacial score (nSPS) is 10.5. The number of hydrogen-bond acceptors (Lipinski definition) is 5. The van der Waals surface area contributed by atoms with Gasteiger partial charge in [-0.15, -0.1) is 0 Å². The second kappa shape index (κ2) is 8.43. The number of rotatable bonds is 6. The van der Waals surface area contributed by atoms with Gasteiger partial charge in [0.1, 0.15) is 6.61 Å². The molecule has 0 aliphatic heterocycles. The van der Waals surface area contributed by atoms with Crippen LogP contribution in [0.3, 0.4) is 0 Å². The van der Waals surface area contributed by atoms with Crippen LogP contribution in [0.5, 0.6) is 5.88 Å². The topological polar surface area (TPSA) is 86.5 Å². The minimum absolute atomic E-state index is 0.237. The number of nitrogens with one attached hydrogen (secondary N) is 1. The van der Waals surface area contributed by atoms with Crippen molar-refractivity contribution in [3.8, 4) is 5.88 Å². The third-order valence-electron chi connectivity index (χ3n) is 2.99. The van der Waals surface area contributed by atoms with Crippen LogP contribution < -0.4 is 15.8 Å². The zero-order valence-corrected chi connectivity index (χ0v) is 12.9. The number of hydrogen-bond donors (Lipinski definition) is 2. The first-order valence-electron chi connectivity index (χ1n) is 7.10. The molecule has 6 nitrogen and oxygen atoms in total. The van der Waals surface area contributed by atoms with Crippen molar-refractivity contribution in [3.63, 3.8) is 0 Å². The van der Waals surface area contributed by atoms with Crippen molar-refractivity contribution in [1.29, 1.82) is 0 Å². The number of alkyl carbamates (subject to hydrolysis) is 1. The lowest BCUT2D eigenvalue weighted by atomic mass is 10.2. The van der Waals surface area contributed by atoms with E-state index in [0.29, 0.717) is 23.8 Å². The highest BCUT2D eigenvalue weighted by Gasteiger charge is 2.02. The Morgan fingerprint density at radius 1 is 1.26 bits per heavy atom. The number of ether oxygens (including phenoxy) is 2. The number of amides is 1. The number of methoxy groups -OCH3 is 1. The van der Waals surface area contributed by atoms with E-state index in [1.165, 1.54) is 7.11 Å². The maximum absolute atomic E-state index is 11.6. The lowest BCUT2D eigenvalue weighted by Gasteiger charge is -2.05. The number of pyridine rings is 1. The van der Waals surface area contributed by atoms with Gasteiger partial charge in [-0.3, -0.25) is 0 Å². The number of carbonyl (C=O) groups excluding carboxylic acids is 1. The summed E-state index contributed by atoms with van der Waals surface area (Å²) in [4.78, 5) is 15.8. The first-order chi connectivity index (χ1) is 11.2. The molecule has 1 aromatic carbocycles. The number of benzene rings is 1. The Balaban J connectivity index is 1.77. The minimum atomic E-state index is -0.481. The average molecular weight is 313 g/mol. The van der Waals surface area contributed by atoms with E-state index >= 15 is 0 Å². The van der Waals surface area contributed by atoms with Gasteiger partial charge in [0.05, 0.1) is 18.5 Å². The van der Waals surface area contributed by atoms with Crippen molar-refractivity contribution in [2.24, 2.45) is 0 Å². The summed E-state index contributed by atoms with van der Waals surface area (Å²) in [5, 5.41) is 2.62. The molecule has 0 bridgehead atoms. The fraction of sp³-hybridized carbons (Fsp3) is 0.176. The van der Waals surface area contributed by atoms with Crippen LogP contribution in [-0.2, 0) is 11.3 Å². The molecule has 0 aliphatic carbocycles. The molecule has 0 saturated heterocycles. The predicted octanol–water partition coefficient (Wildman–Crippen LogP) is 2.61. The first-order valence-corrected chi connectivity index (χ1v) is 7.10. The van der Waals surface area contributed by atoms with Gasteiger partial charge >= 0.3 is 6.09 Å². The van der Waals surface area contributed by atoms with Crippen LogP contribution >= 0.6 is 0 Å². The van der Waals surface area contributed by atoms with Crippen LogP contribution in [0.4, 0.5) is 10.5 Å². The van der Waals surface area contributed by atoms with Crippen LogP contribution in [0.2, 0.25) is 0 Å². The van der Waals surface area contributed by atoms with Gasteiger partial charge < -0.3 is 20.5 Å². The zero-order valence-electron chi connectivity index (χ0n) is 12.9. The van der Waals surface area contributed by atoms with E-state index in [1.54, 1.807) is 24.3 Å². The van der Waals surface area contributed by atoms with Gasteiger partial charge in [-0.05, 0) is 17.7 Å². The number of anilines is 1. The highest BCUT2D eigenvalue weighted by atomic mass is 16.5. The van der Waals surface area contributed by atoms with Crippen LogP contribution in [0.1, 0.15) is 11.3 Å². The molecule has 120 valence electrons. The van der Waals surface area contributed by atoms with Crippen molar-refractivity contribution in [3.05, 3.63) is 59.8 Å². The molecule has 23 heavy (non-hydrogen) atoms. The van der Waals surface area contributed by atoms with E-state index in [2.05, 4.69) is 10.3 Å². The molecule has 1 heterocycles. The lowest BCUT2D eigenvalue weighted by molar-refractivity contribution is 0.141. The van der Waals surface area contributed by atoms with E-state index in [9.17, 15) is 4.79 Å².